The number of nitrogens with zero attached hydrogens (tertiary/aromatic N) is 1. The third kappa shape index (κ3) is 5.48. The average Bonchev–Trinajstić information content (AvgIpc) is 3.35. The van der Waals surface area contributed by atoms with Crippen LogP contribution in [0.15, 0.2) is 46.8 Å². The van der Waals surface area contributed by atoms with E-state index in [-0.39, 0.29) is 10.8 Å². The van der Waals surface area contributed by atoms with Crippen molar-refractivity contribution in [2.45, 2.75) is 11.1 Å². The summed E-state index contributed by atoms with van der Waals surface area (Å²) in [5.74, 6) is -1.42. The Morgan fingerprint density at radius 1 is 1.23 bits per heavy atom. The first kappa shape index (κ1) is 22.5. The highest BCUT2D eigenvalue weighted by Gasteiger charge is 2.31. The highest BCUT2D eigenvalue weighted by molar-refractivity contribution is 7.89. The average molecular weight is 473 g/mol. The van der Waals surface area contributed by atoms with Gasteiger partial charge in [-0.05, 0) is 24.3 Å². The summed E-state index contributed by atoms with van der Waals surface area (Å²) in [4.78, 5) is 29.4. The highest BCUT2D eigenvalue weighted by Crippen LogP contribution is 2.30. The molecular weight excluding hydrogens is 459 g/mol. The number of anilines is 1. The summed E-state index contributed by atoms with van der Waals surface area (Å²) in [6, 6.07) is 4.64. The number of nitrogens with two attached hydrogens (primary N) is 1. The van der Waals surface area contributed by atoms with E-state index < -0.39 is 45.0 Å². The first-order chi connectivity index (χ1) is 14.5. The van der Waals surface area contributed by atoms with Crippen LogP contribution in [0.3, 0.4) is 0 Å². The number of sulfonamides is 1. The van der Waals surface area contributed by atoms with E-state index in [4.69, 9.17) is 5.73 Å². The van der Waals surface area contributed by atoms with Crippen LogP contribution in [0.4, 0.5) is 18.3 Å². The molecule has 31 heavy (non-hydrogen) atoms. The van der Waals surface area contributed by atoms with E-state index in [2.05, 4.69) is 15.3 Å². The maximum Gasteiger partial charge on any atom is 0.416 e. The monoisotopic (exact) mass is 473 g/mol. The smallest absolute Gasteiger partial charge is 0.364 e. The fourth-order valence-electron chi connectivity index (χ4n) is 2.40. The van der Waals surface area contributed by atoms with Gasteiger partial charge in [-0.2, -0.15) is 13.2 Å². The molecule has 14 heteroatoms. The van der Waals surface area contributed by atoms with Gasteiger partial charge in [-0.25, -0.2) is 18.1 Å². The van der Waals surface area contributed by atoms with Gasteiger partial charge in [0.15, 0.2) is 5.13 Å². The quantitative estimate of drug-likeness (QED) is 0.415. The summed E-state index contributed by atoms with van der Waals surface area (Å²) in [7, 11) is -4.35. The standard InChI is InChI=1S/C17H14F3N5O4S2/c18-17(19,20)10-2-1-3-11(5-10)31(28,29)23-7-14(26)25-16-24-13(8-30-16)9-4-12(15(21)27)22-6-9/h1-6,8,22-23H,7H2,(H2,21,27)(H,24,25,26). The second kappa shape index (κ2) is 8.49. The molecule has 164 valence electrons. The van der Waals surface area contributed by atoms with E-state index >= 15 is 0 Å². The number of aromatic amines is 1. The number of thiazole rings is 1. The van der Waals surface area contributed by atoms with Gasteiger partial charge < -0.3 is 16.0 Å². The molecule has 3 rings (SSSR count). The third-order valence-corrected chi connectivity index (χ3v) is 6.05. The predicted molar refractivity (Wildman–Crippen MR) is 106 cm³/mol. The molecule has 0 bridgehead atoms. The fraction of sp³-hybridized carbons (Fsp3) is 0.118. The Morgan fingerprint density at radius 2 is 1.97 bits per heavy atom. The van der Waals surface area contributed by atoms with Crippen molar-refractivity contribution in [3.63, 3.8) is 0 Å². The lowest BCUT2D eigenvalue weighted by molar-refractivity contribution is -0.137. The van der Waals surface area contributed by atoms with Crippen LogP contribution in [0.1, 0.15) is 16.1 Å². The van der Waals surface area contributed by atoms with E-state index in [1.807, 2.05) is 4.72 Å². The summed E-state index contributed by atoms with van der Waals surface area (Å²) in [6.07, 6.45) is -3.20. The number of benzene rings is 1. The van der Waals surface area contributed by atoms with Gasteiger partial charge in [0.05, 0.1) is 22.7 Å². The van der Waals surface area contributed by atoms with Crippen molar-refractivity contribution in [2.75, 3.05) is 11.9 Å². The number of primary amides is 1. The van der Waals surface area contributed by atoms with Gasteiger partial charge in [-0.15, -0.1) is 11.3 Å². The number of hydrogen-bond acceptors (Lipinski definition) is 6. The molecule has 0 unspecified atom stereocenters. The largest absolute Gasteiger partial charge is 0.416 e. The molecule has 0 spiro atoms. The van der Waals surface area contributed by atoms with Crippen molar-refractivity contribution in [3.05, 3.63) is 53.2 Å². The Kier molecular flexibility index (Phi) is 6.15. The number of nitrogens with one attached hydrogen (secondary N) is 3. The minimum atomic E-state index is -4.71. The van der Waals surface area contributed by atoms with Crippen LogP contribution in [0.25, 0.3) is 11.3 Å². The molecule has 0 fully saturated rings. The van der Waals surface area contributed by atoms with Crippen LogP contribution in [0, 0.1) is 0 Å². The molecule has 2 amide bonds. The van der Waals surface area contributed by atoms with E-state index in [0.29, 0.717) is 17.3 Å². The summed E-state index contributed by atoms with van der Waals surface area (Å²) >= 11 is 1.05. The number of halogens is 3. The van der Waals surface area contributed by atoms with Crippen molar-refractivity contribution < 1.29 is 31.2 Å². The van der Waals surface area contributed by atoms with Gasteiger partial charge in [0.2, 0.25) is 15.9 Å². The third-order valence-electron chi connectivity index (χ3n) is 3.89. The molecular formula is C17H14F3N5O4S2. The van der Waals surface area contributed by atoms with Crippen molar-refractivity contribution in [3.8, 4) is 11.3 Å². The second-order valence-electron chi connectivity index (χ2n) is 6.10. The Bertz CT molecular complexity index is 1230. The Balaban J connectivity index is 1.62. The molecule has 1 aromatic carbocycles. The summed E-state index contributed by atoms with van der Waals surface area (Å²) in [6.45, 7) is -0.719. The summed E-state index contributed by atoms with van der Waals surface area (Å²) < 4.78 is 64.6. The maximum absolute atomic E-state index is 12.8. The number of amides is 2. The number of hydrogen-bond donors (Lipinski definition) is 4. The molecule has 0 radical (unpaired) electrons. The number of rotatable bonds is 7. The van der Waals surface area contributed by atoms with Gasteiger partial charge in [0.25, 0.3) is 5.91 Å². The second-order valence-corrected chi connectivity index (χ2v) is 8.73. The SMILES string of the molecule is NC(=O)c1cc(-c2csc(NC(=O)CNS(=O)(=O)c3cccc(C(F)(F)F)c3)n2)c[nH]1. The van der Waals surface area contributed by atoms with Crippen LogP contribution in [-0.2, 0) is 21.0 Å². The van der Waals surface area contributed by atoms with E-state index in [1.165, 1.54) is 12.3 Å². The zero-order valence-corrected chi connectivity index (χ0v) is 17.0. The Hall–Kier alpha value is -3.23. The van der Waals surface area contributed by atoms with Gasteiger partial charge in [0.1, 0.15) is 5.69 Å². The zero-order valence-electron chi connectivity index (χ0n) is 15.4. The molecule has 2 aromatic heterocycles. The van der Waals surface area contributed by atoms with E-state index in [0.717, 1.165) is 29.5 Å². The number of alkyl halides is 3. The van der Waals surface area contributed by atoms with Crippen LogP contribution in [0.5, 0.6) is 0 Å². The van der Waals surface area contributed by atoms with Gasteiger partial charge >= 0.3 is 6.18 Å². The zero-order chi connectivity index (χ0) is 22.8. The molecule has 2 heterocycles. The minimum Gasteiger partial charge on any atom is -0.364 e. The number of H-pyrrole nitrogens is 1. The maximum atomic E-state index is 12.8. The molecule has 0 aliphatic carbocycles. The van der Waals surface area contributed by atoms with Crippen molar-refractivity contribution >= 4 is 38.3 Å². The van der Waals surface area contributed by atoms with Crippen molar-refractivity contribution in [2.24, 2.45) is 5.73 Å². The molecule has 5 N–H and O–H groups in total. The summed E-state index contributed by atoms with van der Waals surface area (Å²) in [5.41, 5.74) is 5.20. The molecule has 0 saturated carbocycles. The highest BCUT2D eigenvalue weighted by atomic mass is 32.2. The minimum absolute atomic E-state index is 0.153. The van der Waals surface area contributed by atoms with Crippen molar-refractivity contribution in [1.29, 1.82) is 0 Å². The van der Waals surface area contributed by atoms with Gasteiger partial charge in [0, 0.05) is 17.1 Å². The molecule has 0 atom stereocenters. The van der Waals surface area contributed by atoms with Crippen LogP contribution in [0.2, 0.25) is 0 Å². The van der Waals surface area contributed by atoms with Gasteiger partial charge in [-0.3, -0.25) is 9.59 Å². The van der Waals surface area contributed by atoms with Crippen LogP contribution >= 0.6 is 11.3 Å². The normalized spacial score (nSPS) is 12.0. The van der Waals surface area contributed by atoms with Crippen molar-refractivity contribution in [1.82, 2.24) is 14.7 Å². The lowest BCUT2D eigenvalue weighted by atomic mass is 10.2. The molecule has 0 aliphatic heterocycles. The Morgan fingerprint density at radius 3 is 2.61 bits per heavy atom. The number of aromatic nitrogens is 2. The molecule has 0 aliphatic rings. The predicted octanol–water partition coefficient (Wildman–Crippen LogP) is 2.17. The topological polar surface area (TPSA) is 147 Å². The summed E-state index contributed by atoms with van der Waals surface area (Å²) in [5, 5.41) is 4.13. The van der Waals surface area contributed by atoms with E-state index in [1.54, 1.807) is 5.38 Å². The van der Waals surface area contributed by atoms with Gasteiger partial charge in [-0.1, -0.05) is 6.07 Å². The number of carbonyl (C=O) groups excluding carboxylic acids is 2. The Labute approximate surface area is 177 Å². The lowest BCUT2D eigenvalue weighted by Crippen LogP contribution is -2.33. The van der Waals surface area contributed by atoms with Crippen LogP contribution < -0.4 is 15.8 Å². The van der Waals surface area contributed by atoms with E-state index in [9.17, 15) is 31.2 Å². The first-order valence-corrected chi connectivity index (χ1v) is 10.7. The molecule has 3 aromatic rings. The van der Waals surface area contributed by atoms with Crippen LogP contribution in [-0.4, -0.2) is 36.7 Å². The first-order valence-electron chi connectivity index (χ1n) is 8.36. The lowest BCUT2D eigenvalue weighted by Gasteiger charge is -2.10. The fourth-order valence-corrected chi connectivity index (χ4v) is 4.16. The molecule has 9 nitrogen and oxygen atoms in total. The molecule has 0 saturated heterocycles. The number of carbonyl (C=O) groups is 2.